The molecule has 1 aromatic heterocycles. The number of aliphatic imine (C=N–C) groups is 1. The molecule has 26 heavy (non-hydrogen) atoms. The second-order valence-corrected chi connectivity index (χ2v) is 7.38. The summed E-state index contributed by atoms with van der Waals surface area (Å²) in [4.78, 5) is 6.72. The van der Waals surface area contributed by atoms with E-state index >= 15 is 0 Å². The fourth-order valence-electron chi connectivity index (χ4n) is 3.17. The van der Waals surface area contributed by atoms with Crippen LogP contribution >= 0.6 is 15.9 Å². The zero-order chi connectivity index (χ0) is 18.4. The van der Waals surface area contributed by atoms with Crippen LogP contribution in [0.1, 0.15) is 23.7 Å². The highest BCUT2D eigenvalue weighted by Gasteiger charge is 2.24. The minimum Gasteiger partial charge on any atom is -0.370 e. The molecular weight excluding hydrogens is 394 g/mol. The maximum absolute atomic E-state index is 5.91. The molecule has 2 heterocycles. The number of morpholine rings is 1. The lowest BCUT2D eigenvalue weighted by Gasteiger charge is -2.34. The van der Waals surface area contributed by atoms with Gasteiger partial charge in [0.15, 0.2) is 5.96 Å². The molecule has 2 aromatic rings. The molecule has 1 aliphatic rings. The first-order valence-electron chi connectivity index (χ1n) is 8.96. The van der Waals surface area contributed by atoms with Crippen LogP contribution in [0.15, 0.2) is 46.1 Å². The van der Waals surface area contributed by atoms with Crippen LogP contribution in [0.25, 0.3) is 0 Å². The van der Waals surface area contributed by atoms with Crippen LogP contribution in [0, 0.1) is 0 Å². The fourth-order valence-corrected chi connectivity index (χ4v) is 3.61. The Balaban J connectivity index is 1.48. The van der Waals surface area contributed by atoms with Gasteiger partial charge in [-0.25, -0.2) is 0 Å². The third-order valence-electron chi connectivity index (χ3n) is 4.49. The Labute approximate surface area is 163 Å². The summed E-state index contributed by atoms with van der Waals surface area (Å²) in [6, 6.07) is 8.48. The van der Waals surface area contributed by atoms with Crippen molar-refractivity contribution in [1.29, 1.82) is 0 Å². The number of nitrogens with zero attached hydrogens (tertiary/aromatic N) is 4. The third kappa shape index (κ3) is 5.08. The van der Waals surface area contributed by atoms with E-state index in [0.717, 1.165) is 48.5 Å². The standard InChI is InChI=1S/C19H26BrN5O/c1-21-19(22-8-4-6-15-5-3-7-17(20)11-15)25-9-10-26-18(14-25)16-12-23-24(2)13-16/h3,5,7,11-13,18H,4,6,8-10,14H2,1-2H3,(H,21,22). The van der Waals surface area contributed by atoms with Gasteiger partial charge in [0.1, 0.15) is 6.10 Å². The summed E-state index contributed by atoms with van der Waals surface area (Å²) >= 11 is 3.52. The summed E-state index contributed by atoms with van der Waals surface area (Å²) < 4.78 is 8.86. The van der Waals surface area contributed by atoms with E-state index in [4.69, 9.17) is 4.74 Å². The van der Waals surface area contributed by atoms with Crippen LogP contribution in [0.5, 0.6) is 0 Å². The van der Waals surface area contributed by atoms with Crippen molar-refractivity contribution in [2.24, 2.45) is 12.0 Å². The molecule has 7 heteroatoms. The third-order valence-corrected chi connectivity index (χ3v) is 4.98. The van der Waals surface area contributed by atoms with Gasteiger partial charge in [0.05, 0.1) is 19.3 Å². The lowest BCUT2D eigenvalue weighted by atomic mass is 10.1. The van der Waals surface area contributed by atoms with Gasteiger partial charge in [-0.1, -0.05) is 28.1 Å². The van der Waals surface area contributed by atoms with Gasteiger partial charge >= 0.3 is 0 Å². The largest absolute Gasteiger partial charge is 0.370 e. The number of aryl methyl sites for hydroxylation is 2. The predicted octanol–water partition coefficient (Wildman–Crippen LogP) is 2.76. The molecule has 1 fully saturated rings. The smallest absolute Gasteiger partial charge is 0.193 e. The molecule has 0 radical (unpaired) electrons. The molecule has 0 amide bonds. The van der Waals surface area contributed by atoms with Crippen LogP contribution in [0.3, 0.4) is 0 Å². The topological polar surface area (TPSA) is 54.7 Å². The minimum absolute atomic E-state index is 0.0395. The molecule has 1 aliphatic heterocycles. The molecule has 1 aromatic carbocycles. The van der Waals surface area contributed by atoms with Gasteiger partial charge < -0.3 is 15.0 Å². The van der Waals surface area contributed by atoms with Crippen molar-refractivity contribution in [2.75, 3.05) is 33.3 Å². The Hall–Kier alpha value is -1.86. The SMILES string of the molecule is CN=C(NCCCc1cccc(Br)c1)N1CCOC(c2cnn(C)c2)C1. The van der Waals surface area contributed by atoms with E-state index in [9.17, 15) is 0 Å². The van der Waals surface area contributed by atoms with Gasteiger partial charge in [-0.15, -0.1) is 0 Å². The normalized spacial score (nSPS) is 18.2. The number of benzene rings is 1. The first kappa shape index (κ1) is 18.9. The van der Waals surface area contributed by atoms with Crippen molar-refractivity contribution in [1.82, 2.24) is 20.0 Å². The lowest BCUT2D eigenvalue weighted by Crippen LogP contribution is -2.48. The maximum atomic E-state index is 5.91. The van der Waals surface area contributed by atoms with E-state index < -0.39 is 0 Å². The number of hydrogen-bond acceptors (Lipinski definition) is 3. The van der Waals surface area contributed by atoms with Gasteiger partial charge in [-0.05, 0) is 30.5 Å². The molecule has 1 atom stereocenters. The van der Waals surface area contributed by atoms with Gasteiger partial charge in [0, 0.05) is 43.4 Å². The quantitative estimate of drug-likeness (QED) is 0.459. The number of hydrogen-bond donors (Lipinski definition) is 1. The average Bonchev–Trinajstić information content (AvgIpc) is 3.08. The van der Waals surface area contributed by atoms with E-state index in [2.05, 4.69) is 60.5 Å². The predicted molar refractivity (Wildman–Crippen MR) is 107 cm³/mol. The van der Waals surface area contributed by atoms with Crippen LogP contribution < -0.4 is 5.32 Å². The number of nitrogens with one attached hydrogen (secondary N) is 1. The van der Waals surface area contributed by atoms with Crippen molar-refractivity contribution in [2.45, 2.75) is 18.9 Å². The van der Waals surface area contributed by atoms with E-state index in [1.165, 1.54) is 5.56 Å². The molecule has 3 rings (SSSR count). The number of guanidine groups is 1. The van der Waals surface area contributed by atoms with Crippen molar-refractivity contribution in [3.05, 3.63) is 52.3 Å². The summed E-state index contributed by atoms with van der Waals surface area (Å²) in [5.41, 5.74) is 2.46. The summed E-state index contributed by atoms with van der Waals surface area (Å²) in [7, 11) is 3.76. The Morgan fingerprint density at radius 1 is 1.46 bits per heavy atom. The van der Waals surface area contributed by atoms with E-state index in [1.54, 1.807) is 0 Å². The van der Waals surface area contributed by atoms with Crippen LogP contribution in [0.4, 0.5) is 0 Å². The van der Waals surface area contributed by atoms with Gasteiger partial charge in [-0.2, -0.15) is 5.10 Å². The summed E-state index contributed by atoms with van der Waals surface area (Å²) in [6.07, 6.45) is 6.04. The number of ether oxygens (including phenoxy) is 1. The first-order valence-corrected chi connectivity index (χ1v) is 9.75. The van der Waals surface area contributed by atoms with E-state index in [0.29, 0.717) is 6.61 Å². The van der Waals surface area contributed by atoms with Gasteiger partial charge in [0.25, 0.3) is 0 Å². The number of aromatic nitrogens is 2. The fraction of sp³-hybridized carbons (Fsp3) is 0.474. The second kappa shape index (κ2) is 9.19. The van der Waals surface area contributed by atoms with Crippen LogP contribution in [0.2, 0.25) is 0 Å². The van der Waals surface area contributed by atoms with Crippen molar-refractivity contribution >= 4 is 21.9 Å². The van der Waals surface area contributed by atoms with E-state index in [1.807, 2.05) is 31.2 Å². The highest BCUT2D eigenvalue weighted by Crippen LogP contribution is 2.21. The van der Waals surface area contributed by atoms with Crippen molar-refractivity contribution < 1.29 is 4.74 Å². The molecule has 140 valence electrons. The zero-order valence-corrected chi connectivity index (χ0v) is 16.9. The molecule has 0 aliphatic carbocycles. The molecule has 0 spiro atoms. The Morgan fingerprint density at radius 2 is 2.35 bits per heavy atom. The lowest BCUT2D eigenvalue weighted by molar-refractivity contribution is -0.00801. The monoisotopic (exact) mass is 419 g/mol. The van der Waals surface area contributed by atoms with Gasteiger partial charge in [0.2, 0.25) is 0 Å². The molecule has 1 N–H and O–H groups in total. The molecular formula is C19H26BrN5O. The minimum atomic E-state index is 0.0395. The van der Waals surface area contributed by atoms with Crippen molar-refractivity contribution in [3.63, 3.8) is 0 Å². The molecule has 0 saturated carbocycles. The first-order chi connectivity index (χ1) is 12.7. The van der Waals surface area contributed by atoms with Gasteiger partial charge in [-0.3, -0.25) is 9.67 Å². The summed E-state index contributed by atoms with van der Waals surface area (Å²) in [6.45, 7) is 3.23. The van der Waals surface area contributed by atoms with Crippen LogP contribution in [-0.2, 0) is 18.2 Å². The zero-order valence-electron chi connectivity index (χ0n) is 15.4. The highest BCUT2D eigenvalue weighted by molar-refractivity contribution is 9.10. The summed E-state index contributed by atoms with van der Waals surface area (Å²) in [5, 5.41) is 7.74. The highest BCUT2D eigenvalue weighted by atomic mass is 79.9. The van der Waals surface area contributed by atoms with E-state index in [-0.39, 0.29) is 6.10 Å². The Bertz CT molecular complexity index is 745. The average molecular weight is 420 g/mol. The molecule has 6 nitrogen and oxygen atoms in total. The number of halogens is 1. The molecule has 0 bridgehead atoms. The second-order valence-electron chi connectivity index (χ2n) is 6.46. The van der Waals surface area contributed by atoms with Crippen LogP contribution in [-0.4, -0.2) is 53.9 Å². The molecule has 1 saturated heterocycles. The maximum Gasteiger partial charge on any atom is 0.193 e. The molecule has 1 unspecified atom stereocenters. The Morgan fingerprint density at radius 3 is 3.08 bits per heavy atom. The number of rotatable bonds is 5. The van der Waals surface area contributed by atoms with Crippen molar-refractivity contribution in [3.8, 4) is 0 Å². The Kier molecular flexibility index (Phi) is 6.68. The summed E-state index contributed by atoms with van der Waals surface area (Å²) in [5.74, 6) is 0.941.